The van der Waals surface area contributed by atoms with Crippen LogP contribution >= 0.6 is 0 Å². The minimum absolute atomic E-state index is 0.184. The zero-order valence-corrected chi connectivity index (χ0v) is 14.3. The minimum Gasteiger partial charge on any atom is -0.491 e. The first-order valence-corrected chi connectivity index (χ1v) is 8.24. The number of benzene rings is 2. The lowest BCUT2D eigenvalue weighted by molar-refractivity contribution is -0.154. The van der Waals surface area contributed by atoms with Gasteiger partial charge in [0.1, 0.15) is 18.4 Å². The van der Waals surface area contributed by atoms with Crippen molar-refractivity contribution < 1.29 is 19.1 Å². The van der Waals surface area contributed by atoms with Crippen molar-refractivity contribution in [3.63, 3.8) is 0 Å². The molecule has 0 bridgehead atoms. The fourth-order valence-electron chi connectivity index (χ4n) is 3.30. The van der Waals surface area contributed by atoms with Gasteiger partial charge in [-0.05, 0) is 11.6 Å². The molecule has 1 unspecified atom stereocenters. The largest absolute Gasteiger partial charge is 0.491 e. The number of para-hydroxylation sites is 1. The Balaban J connectivity index is 1.96. The van der Waals surface area contributed by atoms with Gasteiger partial charge in [0.05, 0.1) is 13.2 Å². The zero-order chi connectivity index (χ0) is 17.8. The van der Waals surface area contributed by atoms with Crippen LogP contribution in [0.5, 0.6) is 5.75 Å². The van der Waals surface area contributed by atoms with Crippen molar-refractivity contribution in [2.45, 2.75) is 25.4 Å². The van der Waals surface area contributed by atoms with Crippen LogP contribution in [0.3, 0.4) is 0 Å². The highest BCUT2D eigenvalue weighted by molar-refractivity contribution is 5.84. The second kappa shape index (κ2) is 7.38. The van der Waals surface area contributed by atoms with Crippen LogP contribution in [-0.2, 0) is 20.7 Å². The predicted octanol–water partition coefficient (Wildman–Crippen LogP) is 2.75. The SMILES string of the molecule is COC(=O)[C@H](Cc1ccccc1)N(C(C)=O)C1COc2ccccc21. The monoisotopic (exact) mass is 339 g/mol. The molecule has 0 aliphatic carbocycles. The van der Waals surface area contributed by atoms with Gasteiger partial charge < -0.3 is 14.4 Å². The first-order chi connectivity index (χ1) is 12.1. The predicted molar refractivity (Wildman–Crippen MR) is 93.1 cm³/mol. The van der Waals surface area contributed by atoms with E-state index in [0.29, 0.717) is 13.0 Å². The van der Waals surface area contributed by atoms with E-state index >= 15 is 0 Å². The molecular formula is C20H21NO4. The van der Waals surface area contributed by atoms with Crippen molar-refractivity contribution in [1.82, 2.24) is 4.90 Å². The number of fused-ring (bicyclic) bond motifs is 1. The Labute approximate surface area is 147 Å². The molecule has 0 radical (unpaired) electrons. The summed E-state index contributed by atoms with van der Waals surface area (Å²) in [5.74, 6) is 0.141. The maximum Gasteiger partial charge on any atom is 0.328 e. The number of carbonyl (C=O) groups is 2. The van der Waals surface area contributed by atoms with Crippen molar-refractivity contribution in [2.24, 2.45) is 0 Å². The van der Waals surface area contributed by atoms with Crippen LogP contribution in [0.1, 0.15) is 24.1 Å². The smallest absolute Gasteiger partial charge is 0.328 e. The number of methoxy groups -OCH3 is 1. The van der Waals surface area contributed by atoms with Gasteiger partial charge in [-0.15, -0.1) is 0 Å². The van der Waals surface area contributed by atoms with Gasteiger partial charge in [-0.1, -0.05) is 48.5 Å². The third-order valence-corrected chi connectivity index (χ3v) is 4.46. The molecule has 25 heavy (non-hydrogen) atoms. The van der Waals surface area contributed by atoms with E-state index in [1.54, 1.807) is 4.90 Å². The number of carbonyl (C=O) groups excluding carboxylic acids is 2. The summed E-state index contributed by atoms with van der Waals surface area (Å²) in [5.41, 5.74) is 1.89. The summed E-state index contributed by atoms with van der Waals surface area (Å²) in [5, 5.41) is 0. The van der Waals surface area contributed by atoms with E-state index in [9.17, 15) is 9.59 Å². The van der Waals surface area contributed by atoms with E-state index in [2.05, 4.69) is 0 Å². The van der Waals surface area contributed by atoms with Gasteiger partial charge >= 0.3 is 5.97 Å². The molecule has 2 atom stereocenters. The highest BCUT2D eigenvalue weighted by atomic mass is 16.5. The lowest BCUT2D eigenvalue weighted by Gasteiger charge is -2.33. The highest BCUT2D eigenvalue weighted by Crippen LogP contribution is 2.37. The standard InChI is InChI=1S/C20H21NO4/c1-14(22)21(18-13-25-19-11-7-6-10-16(18)19)17(20(23)24-2)12-15-8-4-3-5-9-15/h3-11,17-18H,12-13H2,1-2H3/t17-,18?/m0/s1. The molecule has 5 nitrogen and oxygen atoms in total. The molecule has 0 saturated carbocycles. The summed E-state index contributed by atoms with van der Waals surface area (Å²) in [6, 6.07) is 16.2. The lowest BCUT2D eigenvalue weighted by Crippen LogP contribution is -2.48. The molecule has 1 heterocycles. The third kappa shape index (κ3) is 3.50. The average molecular weight is 339 g/mol. The summed E-state index contributed by atoms with van der Waals surface area (Å²) in [6.07, 6.45) is 0.395. The molecule has 3 rings (SSSR count). The molecule has 0 fully saturated rings. The minimum atomic E-state index is -0.704. The van der Waals surface area contributed by atoms with Crippen LogP contribution in [0.25, 0.3) is 0 Å². The Kier molecular flexibility index (Phi) is 5.03. The second-order valence-corrected chi connectivity index (χ2v) is 6.02. The van der Waals surface area contributed by atoms with Crippen LogP contribution in [0.4, 0.5) is 0 Å². The first kappa shape index (κ1) is 17.0. The van der Waals surface area contributed by atoms with Crippen LogP contribution in [0.15, 0.2) is 54.6 Å². The summed E-state index contributed by atoms with van der Waals surface area (Å²) in [6.45, 7) is 1.81. The van der Waals surface area contributed by atoms with Gasteiger partial charge in [0.2, 0.25) is 5.91 Å². The van der Waals surface area contributed by atoms with Crippen LogP contribution in [0, 0.1) is 0 Å². The van der Waals surface area contributed by atoms with Crippen LogP contribution in [-0.4, -0.2) is 36.5 Å². The van der Waals surface area contributed by atoms with Gasteiger partial charge in [0.25, 0.3) is 0 Å². The van der Waals surface area contributed by atoms with Gasteiger partial charge in [0, 0.05) is 18.9 Å². The molecular weight excluding hydrogens is 318 g/mol. The first-order valence-electron chi connectivity index (χ1n) is 8.24. The number of hydrogen-bond acceptors (Lipinski definition) is 4. The summed E-state index contributed by atoms with van der Waals surface area (Å²) in [7, 11) is 1.34. The van der Waals surface area contributed by atoms with E-state index in [-0.39, 0.29) is 11.9 Å². The Hall–Kier alpha value is -2.82. The molecule has 1 aliphatic heterocycles. The van der Waals surface area contributed by atoms with Gasteiger partial charge in [-0.25, -0.2) is 4.79 Å². The van der Waals surface area contributed by atoms with E-state index < -0.39 is 12.0 Å². The van der Waals surface area contributed by atoms with E-state index in [1.807, 2.05) is 54.6 Å². The molecule has 1 amide bonds. The maximum absolute atomic E-state index is 12.5. The molecule has 5 heteroatoms. The van der Waals surface area contributed by atoms with Crippen LogP contribution < -0.4 is 4.74 Å². The Morgan fingerprint density at radius 2 is 1.84 bits per heavy atom. The van der Waals surface area contributed by atoms with Gasteiger partial charge in [-0.3, -0.25) is 4.79 Å². The number of rotatable bonds is 5. The van der Waals surface area contributed by atoms with Gasteiger partial charge in [0.15, 0.2) is 0 Å². The molecule has 0 spiro atoms. The van der Waals surface area contributed by atoms with E-state index in [4.69, 9.17) is 9.47 Å². The van der Waals surface area contributed by atoms with Crippen molar-refractivity contribution in [3.05, 3.63) is 65.7 Å². The summed E-state index contributed by atoms with van der Waals surface area (Å²) >= 11 is 0. The maximum atomic E-state index is 12.5. The molecule has 2 aromatic rings. The molecule has 1 aliphatic rings. The second-order valence-electron chi connectivity index (χ2n) is 6.02. The Morgan fingerprint density at radius 1 is 1.16 bits per heavy atom. The third-order valence-electron chi connectivity index (χ3n) is 4.46. The molecule has 130 valence electrons. The quantitative estimate of drug-likeness (QED) is 0.786. The van der Waals surface area contributed by atoms with Gasteiger partial charge in [-0.2, -0.15) is 0 Å². The summed E-state index contributed by atoms with van der Waals surface area (Å²) < 4.78 is 10.7. The van der Waals surface area contributed by atoms with E-state index in [1.165, 1.54) is 14.0 Å². The van der Waals surface area contributed by atoms with Crippen molar-refractivity contribution in [3.8, 4) is 5.75 Å². The fraction of sp³-hybridized carbons (Fsp3) is 0.300. The highest BCUT2D eigenvalue weighted by Gasteiger charge is 2.39. The lowest BCUT2D eigenvalue weighted by atomic mass is 10.00. The number of ether oxygens (including phenoxy) is 2. The molecule has 2 aromatic carbocycles. The Morgan fingerprint density at radius 3 is 2.52 bits per heavy atom. The Bertz CT molecular complexity index is 759. The summed E-state index contributed by atoms with van der Waals surface area (Å²) in [4.78, 5) is 26.5. The normalized spacial score (nSPS) is 16.5. The van der Waals surface area contributed by atoms with Crippen LogP contribution in [0.2, 0.25) is 0 Å². The average Bonchev–Trinajstić information content (AvgIpc) is 3.05. The number of nitrogens with zero attached hydrogens (tertiary/aromatic N) is 1. The van der Waals surface area contributed by atoms with E-state index in [0.717, 1.165) is 16.9 Å². The fourth-order valence-corrected chi connectivity index (χ4v) is 3.30. The number of esters is 1. The van der Waals surface area contributed by atoms with Crippen molar-refractivity contribution in [2.75, 3.05) is 13.7 Å². The molecule has 0 saturated heterocycles. The zero-order valence-electron chi connectivity index (χ0n) is 14.3. The number of hydrogen-bond donors (Lipinski definition) is 0. The van der Waals surface area contributed by atoms with Crippen molar-refractivity contribution in [1.29, 1.82) is 0 Å². The molecule has 0 aromatic heterocycles. The number of amides is 1. The van der Waals surface area contributed by atoms with Crippen molar-refractivity contribution >= 4 is 11.9 Å². The topological polar surface area (TPSA) is 55.8 Å². The molecule has 0 N–H and O–H groups in total.